The van der Waals surface area contributed by atoms with E-state index in [2.05, 4.69) is 10.4 Å². The van der Waals surface area contributed by atoms with E-state index in [9.17, 15) is 4.79 Å². The molecule has 0 fully saturated rings. The predicted molar refractivity (Wildman–Crippen MR) is 76.2 cm³/mol. The number of rotatable bonds is 3. The quantitative estimate of drug-likeness (QED) is 0.848. The van der Waals surface area contributed by atoms with E-state index in [0.29, 0.717) is 16.4 Å². The molecule has 0 saturated heterocycles. The molecule has 1 atom stereocenters. The van der Waals surface area contributed by atoms with Crippen molar-refractivity contribution in [2.45, 2.75) is 19.9 Å². The van der Waals surface area contributed by atoms with Gasteiger partial charge >= 0.3 is 0 Å². The first-order valence-electron chi connectivity index (χ1n) is 5.84. The molecule has 0 aliphatic rings. The predicted octanol–water partition coefficient (Wildman–Crippen LogP) is 2.63. The zero-order valence-electron chi connectivity index (χ0n) is 10.7. The van der Waals surface area contributed by atoms with Crippen molar-refractivity contribution < 1.29 is 4.79 Å². The number of nitrogens with zero attached hydrogens (tertiary/aromatic N) is 2. The molecule has 1 unspecified atom stereocenters. The number of aromatic nitrogens is 2. The van der Waals surface area contributed by atoms with Crippen LogP contribution < -0.4 is 11.1 Å². The maximum absolute atomic E-state index is 12.1. The first-order valence-corrected chi connectivity index (χ1v) is 6.22. The average molecular weight is 279 g/mol. The van der Waals surface area contributed by atoms with Crippen molar-refractivity contribution in [3.63, 3.8) is 0 Å². The lowest BCUT2D eigenvalue weighted by molar-refractivity contribution is -0.119. The Bertz CT molecular complexity index is 608. The van der Waals surface area contributed by atoms with Crippen molar-refractivity contribution >= 4 is 28.9 Å². The Morgan fingerprint density at radius 2 is 2.26 bits per heavy atom. The molecule has 2 rings (SSSR count). The molecule has 0 aliphatic carbocycles. The highest BCUT2D eigenvalue weighted by Crippen LogP contribution is 2.20. The number of halogens is 1. The lowest BCUT2D eigenvalue weighted by Gasteiger charge is -2.14. The molecule has 2 aromatic rings. The zero-order valence-corrected chi connectivity index (χ0v) is 11.5. The monoisotopic (exact) mass is 278 g/mol. The third-order valence-electron chi connectivity index (χ3n) is 2.87. The lowest BCUT2D eigenvalue weighted by atomic mass is 10.1. The second kappa shape index (κ2) is 5.32. The number of carbonyl (C=O) groups is 1. The van der Waals surface area contributed by atoms with Gasteiger partial charge in [0.15, 0.2) is 0 Å². The summed E-state index contributed by atoms with van der Waals surface area (Å²) in [6, 6.07) is 4.94. The number of nitrogens with one attached hydrogen (secondary N) is 1. The summed E-state index contributed by atoms with van der Waals surface area (Å²) in [5.41, 5.74) is 7.97. The SMILES string of the molecule is Cc1ccc(N)cc1NC(=O)C(C)n1cc(Cl)cn1. The molecule has 0 saturated carbocycles. The van der Waals surface area contributed by atoms with E-state index in [1.165, 1.54) is 10.9 Å². The van der Waals surface area contributed by atoms with Crippen molar-refractivity contribution in [2.24, 2.45) is 0 Å². The Hall–Kier alpha value is -2.01. The van der Waals surface area contributed by atoms with Gasteiger partial charge in [0.05, 0.1) is 11.2 Å². The minimum absolute atomic E-state index is 0.173. The molecule has 0 spiro atoms. The number of benzene rings is 1. The maximum atomic E-state index is 12.1. The fraction of sp³-hybridized carbons (Fsp3) is 0.231. The summed E-state index contributed by atoms with van der Waals surface area (Å²) in [6.45, 7) is 3.66. The second-order valence-corrected chi connectivity index (χ2v) is 4.81. The van der Waals surface area contributed by atoms with Crippen LogP contribution in [0.15, 0.2) is 30.6 Å². The topological polar surface area (TPSA) is 72.9 Å². The number of nitrogen functional groups attached to an aromatic ring is 1. The number of nitrogens with two attached hydrogens (primary N) is 1. The van der Waals surface area contributed by atoms with Crippen LogP contribution in [0, 0.1) is 6.92 Å². The van der Waals surface area contributed by atoms with Crippen LogP contribution >= 0.6 is 11.6 Å². The van der Waals surface area contributed by atoms with Crippen molar-refractivity contribution in [1.82, 2.24) is 9.78 Å². The largest absolute Gasteiger partial charge is 0.399 e. The van der Waals surface area contributed by atoms with E-state index < -0.39 is 6.04 Å². The highest BCUT2D eigenvalue weighted by molar-refractivity contribution is 6.30. The van der Waals surface area contributed by atoms with E-state index in [1.807, 2.05) is 13.0 Å². The van der Waals surface area contributed by atoms with Gasteiger partial charge < -0.3 is 11.1 Å². The van der Waals surface area contributed by atoms with E-state index in [4.69, 9.17) is 17.3 Å². The number of carbonyl (C=O) groups excluding carboxylic acids is 1. The first-order chi connectivity index (χ1) is 8.97. The molecule has 1 amide bonds. The summed E-state index contributed by atoms with van der Waals surface area (Å²) in [4.78, 5) is 12.1. The van der Waals surface area contributed by atoms with Gasteiger partial charge in [0.1, 0.15) is 6.04 Å². The summed E-state index contributed by atoms with van der Waals surface area (Å²) >= 11 is 5.78. The van der Waals surface area contributed by atoms with E-state index in [0.717, 1.165) is 5.56 Å². The fourth-order valence-corrected chi connectivity index (χ4v) is 1.80. The molecule has 6 heteroatoms. The molecule has 100 valence electrons. The Balaban J connectivity index is 2.14. The minimum Gasteiger partial charge on any atom is -0.399 e. The standard InChI is InChI=1S/C13H15ClN4O/c1-8-3-4-11(15)5-12(8)17-13(19)9(2)18-7-10(14)6-16-18/h3-7,9H,15H2,1-2H3,(H,17,19). The summed E-state index contributed by atoms with van der Waals surface area (Å²) < 4.78 is 1.51. The van der Waals surface area contributed by atoms with Gasteiger partial charge in [-0.15, -0.1) is 0 Å². The summed E-state index contributed by atoms with van der Waals surface area (Å²) in [5, 5.41) is 7.35. The van der Waals surface area contributed by atoms with Gasteiger partial charge in [-0.25, -0.2) is 0 Å². The van der Waals surface area contributed by atoms with Crippen LogP contribution in [0.3, 0.4) is 0 Å². The number of aryl methyl sites for hydroxylation is 1. The summed E-state index contributed by atoms with van der Waals surface area (Å²) in [7, 11) is 0. The molecule has 0 radical (unpaired) electrons. The van der Waals surface area contributed by atoms with Crippen LogP contribution in [0.1, 0.15) is 18.5 Å². The molecule has 1 aromatic heterocycles. The third kappa shape index (κ3) is 3.06. The highest BCUT2D eigenvalue weighted by Gasteiger charge is 2.16. The van der Waals surface area contributed by atoms with Crippen LogP contribution in [0.5, 0.6) is 0 Å². The minimum atomic E-state index is -0.451. The number of hydrogen-bond donors (Lipinski definition) is 2. The van der Waals surface area contributed by atoms with Crippen molar-refractivity contribution in [2.75, 3.05) is 11.1 Å². The molecule has 5 nitrogen and oxygen atoms in total. The number of hydrogen-bond acceptors (Lipinski definition) is 3. The molecular weight excluding hydrogens is 264 g/mol. The van der Waals surface area contributed by atoms with Crippen LogP contribution in [0.25, 0.3) is 0 Å². The van der Waals surface area contributed by atoms with Crippen LogP contribution in [-0.2, 0) is 4.79 Å². The number of amides is 1. The van der Waals surface area contributed by atoms with Crippen LogP contribution in [0.4, 0.5) is 11.4 Å². The molecular formula is C13H15ClN4O. The Kier molecular flexibility index (Phi) is 3.76. The van der Waals surface area contributed by atoms with Gasteiger partial charge in [0, 0.05) is 17.6 Å². The van der Waals surface area contributed by atoms with Crippen LogP contribution in [0.2, 0.25) is 5.02 Å². The van der Waals surface area contributed by atoms with Gasteiger partial charge in [-0.2, -0.15) is 5.10 Å². The smallest absolute Gasteiger partial charge is 0.248 e. The molecule has 0 bridgehead atoms. The summed E-state index contributed by atoms with van der Waals surface area (Å²) in [6.07, 6.45) is 3.11. The molecule has 1 aromatic carbocycles. The van der Waals surface area contributed by atoms with Crippen LogP contribution in [-0.4, -0.2) is 15.7 Å². The van der Waals surface area contributed by atoms with Crippen molar-refractivity contribution in [3.05, 3.63) is 41.2 Å². The van der Waals surface area contributed by atoms with E-state index >= 15 is 0 Å². The average Bonchev–Trinajstić information content (AvgIpc) is 2.79. The van der Waals surface area contributed by atoms with Gasteiger partial charge in [-0.05, 0) is 31.5 Å². The third-order valence-corrected chi connectivity index (χ3v) is 3.06. The van der Waals surface area contributed by atoms with E-state index in [1.54, 1.807) is 25.3 Å². The maximum Gasteiger partial charge on any atom is 0.248 e. The fourth-order valence-electron chi connectivity index (χ4n) is 1.66. The first kappa shape index (κ1) is 13.4. The highest BCUT2D eigenvalue weighted by atomic mass is 35.5. The van der Waals surface area contributed by atoms with E-state index in [-0.39, 0.29) is 5.91 Å². The molecule has 1 heterocycles. The Morgan fingerprint density at radius 3 is 2.89 bits per heavy atom. The van der Waals surface area contributed by atoms with Gasteiger partial charge in [0.25, 0.3) is 0 Å². The normalized spacial score (nSPS) is 12.2. The van der Waals surface area contributed by atoms with Gasteiger partial charge in [-0.3, -0.25) is 9.48 Å². The second-order valence-electron chi connectivity index (χ2n) is 4.38. The van der Waals surface area contributed by atoms with Crippen molar-refractivity contribution in [1.29, 1.82) is 0 Å². The number of anilines is 2. The van der Waals surface area contributed by atoms with Gasteiger partial charge in [0.2, 0.25) is 5.91 Å². The molecule has 19 heavy (non-hydrogen) atoms. The molecule has 0 aliphatic heterocycles. The molecule has 3 N–H and O–H groups in total. The van der Waals surface area contributed by atoms with Gasteiger partial charge in [-0.1, -0.05) is 17.7 Å². The lowest BCUT2D eigenvalue weighted by Crippen LogP contribution is -2.24. The summed E-state index contributed by atoms with van der Waals surface area (Å²) in [5.74, 6) is -0.173. The Labute approximate surface area is 116 Å². The Morgan fingerprint density at radius 1 is 1.53 bits per heavy atom. The zero-order chi connectivity index (χ0) is 14.0. The van der Waals surface area contributed by atoms with Crippen molar-refractivity contribution in [3.8, 4) is 0 Å².